The average molecular weight is 314 g/mol. The zero-order valence-corrected chi connectivity index (χ0v) is 12.0. The molecule has 0 aliphatic heterocycles. The highest BCUT2D eigenvalue weighted by Crippen LogP contribution is 2.19. The van der Waals surface area contributed by atoms with Crippen molar-refractivity contribution in [2.24, 2.45) is 5.10 Å². The lowest BCUT2D eigenvalue weighted by Gasteiger charge is -2.01. The Morgan fingerprint density at radius 3 is 2.70 bits per heavy atom. The Hall–Kier alpha value is -1.85. The third kappa shape index (κ3) is 5.86. The highest BCUT2D eigenvalue weighted by molar-refractivity contribution is 6.36. The second-order valence-electron chi connectivity index (χ2n) is 3.73. The summed E-state index contributed by atoms with van der Waals surface area (Å²) in [4.78, 5) is 22.6. The first-order valence-corrected chi connectivity index (χ1v) is 6.43. The number of hydrogen-bond acceptors (Lipinski definition) is 3. The van der Waals surface area contributed by atoms with Crippen LogP contribution in [0.15, 0.2) is 36.0 Å². The molecule has 2 N–H and O–H groups in total. The molecular weight excluding hydrogens is 301 g/mol. The van der Waals surface area contributed by atoms with Crippen molar-refractivity contribution in [2.45, 2.75) is 6.42 Å². The van der Waals surface area contributed by atoms with Crippen molar-refractivity contribution in [3.05, 3.63) is 46.5 Å². The smallest absolute Gasteiger partial charge is 0.249 e. The minimum absolute atomic E-state index is 0.306. The molecule has 0 bridgehead atoms. The molecular formula is C13H13Cl2N3O2. The molecule has 1 aromatic rings. The van der Waals surface area contributed by atoms with E-state index in [0.29, 0.717) is 22.2 Å². The van der Waals surface area contributed by atoms with Crippen LogP contribution in [0.25, 0.3) is 0 Å². The number of benzene rings is 1. The number of nitrogens with zero attached hydrogens (tertiary/aromatic N) is 1. The molecule has 2 amide bonds. The van der Waals surface area contributed by atoms with Crippen LogP contribution in [-0.4, -0.2) is 24.6 Å². The normalized spacial score (nSPS) is 10.3. The van der Waals surface area contributed by atoms with Crippen LogP contribution < -0.4 is 10.7 Å². The molecule has 106 valence electrons. The summed E-state index contributed by atoms with van der Waals surface area (Å²) in [6, 6.07) is 4.88. The van der Waals surface area contributed by atoms with E-state index in [2.05, 4.69) is 22.4 Å². The Labute approximate surface area is 126 Å². The summed E-state index contributed by atoms with van der Waals surface area (Å²) < 4.78 is 0. The maximum atomic E-state index is 11.4. The predicted molar refractivity (Wildman–Crippen MR) is 80.0 cm³/mol. The van der Waals surface area contributed by atoms with Gasteiger partial charge in [-0.1, -0.05) is 35.3 Å². The standard InChI is InChI=1S/C13H13Cl2N3O2/c1-2-5-16-12(19)7-13(20)18-17-8-9-3-4-10(14)6-11(9)15/h2-4,6,8H,1,5,7H2,(H,16,19)(H,18,20)/b17-8-. The van der Waals surface area contributed by atoms with Crippen LogP contribution in [0, 0.1) is 0 Å². The van der Waals surface area contributed by atoms with Crippen molar-refractivity contribution in [3.8, 4) is 0 Å². The molecule has 0 atom stereocenters. The summed E-state index contributed by atoms with van der Waals surface area (Å²) in [5.74, 6) is -0.921. The Morgan fingerprint density at radius 1 is 1.30 bits per heavy atom. The molecule has 0 fully saturated rings. The van der Waals surface area contributed by atoms with Gasteiger partial charge in [0.25, 0.3) is 0 Å². The van der Waals surface area contributed by atoms with E-state index in [9.17, 15) is 9.59 Å². The van der Waals surface area contributed by atoms with Gasteiger partial charge in [0.15, 0.2) is 0 Å². The third-order valence-electron chi connectivity index (χ3n) is 2.12. The first-order valence-electron chi connectivity index (χ1n) is 5.67. The van der Waals surface area contributed by atoms with Crippen LogP contribution in [0.3, 0.4) is 0 Å². The summed E-state index contributed by atoms with van der Waals surface area (Å²) >= 11 is 11.7. The monoisotopic (exact) mass is 313 g/mol. The molecule has 1 aromatic carbocycles. The Morgan fingerprint density at radius 2 is 2.05 bits per heavy atom. The zero-order valence-electron chi connectivity index (χ0n) is 10.5. The number of hydrazone groups is 1. The maximum Gasteiger partial charge on any atom is 0.249 e. The summed E-state index contributed by atoms with van der Waals surface area (Å²) in [5.41, 5.74) is 2.84. The van der Waals surface area contributed by atoms with Crippen LogP contribution in [0.1, 0.15) is 12.0 Å². The lowest BCUT2D eigenvalue weighted by molar-refractivity contribution is -0.129. The van der Waals surface area contributed by atoms with Gasteiger partial charge in [0.1, 0.15) is 6.42 Å². The quantitative estimate of drug-likeness (QED) is 0.365. The Bertz CT molecular complexity index is 544. The van der Waals surface area contributed by atoms with Crippen molar-refractivity contribution in [3.63, 3.8) is 0 Å². The van der Waals surface area contributed by atoms with Crippen molar-refractivity contribution in [2.75, 3.05) is 6.54 Å². The summed E-state index contributed by atoms with van der Waals surface area (Å²) in [7, 11) is 0. The Kier molecular flexibility index (Phi) is 6.76. The van der Waals surface area contributed by atoms with Crippen LogP contribution in [0.5, 0.6) is 0 Å². The number of halogens is 2. The number of nitrogens with one attached hydrogen (secondary N) is 2. The van der Waals surface area contributed by atoms with Crippen LogP contribution >= 0.6 is 23.2 Å². The molecule has 0 spiro atoms. The summed E-state index contributed by atoms with van der Waals surface area (Å²) in [5, 5.41) is 7.12. The first-order chi connectivity index (χ1) is 9.52. The topological polar surface area (TPSA) is 70.6 Å². The molecule has 0 unspecified atom stereocenters. The number of hydrogen-bond donors (Lipinski definition) is 2. The molecule has 1 rings (SSSR count). The molecule has 5 nitrogen and oxygen atoms in total. The number of carbonyl (C=O) groups excluding carboxylic acids is 2. The van der Waals surface area contributed by atoms with Crippen LogP contribution in [0.4, 0.5) is 0 Å². The van der Waals surface area contributed by atoms with Gasteiger partial charge >= 0.3 is 0 Å². The van der Waals surface area contributed by atoms with E-state index in [4.69, 9.17) is 23.2 Å². The van der Waals surface area contributed by atoms with E-state index in [1.807, 2.05) is 0 Å². The third-order valence-corrected chi connectivity index (χ3v) is 2.68. The Balaban J connectivity index is 2.45. The van der Waals surface area contributed by atoms with E-state index in [1.54, 1.807) is 18.2 Å². The van der Waals surface area contributed by atoms with Gasteiger partial charge in [-0.15, -0.1) is 6.58 Å². The molecule has 7 heteroatoms. The predicted octanol–water partition coefficient (Wildman–Crippen LogP) is 2.14. The number of amides is 2. The molecule has 0 radical (unpaired) electrons. The lowest BCUT2D eigenvalue weighted by atomic mass is 10.2. The maximum absolute atomic E-state index is 11.4. The highest BCUT2D eigenvalue weighted by atomic mass is 35.5. The van der Waals surface area contributed by atoms with Crippen molar-refractivity contribution in [1.29, 1.82) is 0 Å². The molecule has 0 aliphatic rings. The van der Waals surface area contributed by atoms with Crippen molar-refractivity contribution >= 4 is 41.2 Å². The molecule has 0 saturated heterocycles. The fourth-order valence-electron chi connectivity index (χ4n) is 1.21. The van der Waals surface area contributed by atoms with Gasteiger partial charge in [-0.25, -0.2) is 5.43 Å². The lowest BCUT2D eigenvalue weighted by Crippen LogP contribution is -2.29. The molecule has 0 heterocycles. The fourth-order valence-corrected chi connectivity index (χ4v) is 1.67. The zero-order chi connectivity index (χ0) is 15.0. The van der Waals surface area contributed by atoms with E-state index < -0.39 is 11.8 Å². The van der Waals surface area contributed by atoms with Gasteiger partial charge in [0.2, 0.25) is 11.8 Å². The summed E-state index contributed by atoms with van der Waals surface area (Å²) in [6.07, 6.45) is 2.59. The largest absolute Gasteiger partial charge is 0.352 e. The number of rotatable bonds is 6. The van der Waals surface area contributed by atoms with Gasteiger partial charge in [0.05, 0.1) is 11.2 Å². The minimum atomic E-state index is -0.520. The van der Waals surface area contributed by atoms with E-state index in [0.717, 1.165) is 0 Å². The second kappa shape index (κ2) is 8.35. The SMILES string of the molecule is C=CCNC(=O)CC(=O)N/N=C\c1ccc(Cl)cc1Cl. The molecule has 20 heavy (non-hydrogen) atoms. The molecule has 0 saturated carbocycles. The first kappa shape index (κ1) is 16.2. The molecule has 0 aromatic heterocycles. The number of carbonyl (C=O) groups is 2. The van der Waals surface area contributed by atoms with Crippen LogP contribution in [-0.2, 0) is 9.59 Å². The minimum Gasteiger partial charge on any atom is -0.352 e. The van der Waals surface area contributed by atoms with E-state index >= 15 is 0 Å². The second-order valence-corrected chi connectivity index (χ2v) is 4.57. The van der Waals surface area contributed by atoms with E-state index in [1.165, 1.54) is 12.3 Å². The van der Waals surface area contributed by atoms with Gasteiger partial charge in [-0.3, -0.25) is 9.59 Å². The van der Waals surface area contributed by atoms with Crippen molar-refractivity contribution in [1.82, 2.24) is 10.7 Å². The van der Waals surface area contributed by atoms with Gasteiger partial charge in [-0.2, -0.15) is 5.10 Å². The average Bonchev–Trinajstić information content (AvgIpc) is 2.39. The highest BCUT2D eigenvalue weighted by Gasteiger charge is 2.07. The summed E-state index contributed by atoms with van der Waals surface area (Å²) in [6.45, 7) is 3.76. The van der Waals surface area contributed by atoms with E-state index in [-0.39, 0.29) is 6.42 Å². The van der Waals surface area contributed by atoms with Gasteiger partial charge in [0, 0.05) is 17.1 Å². The van der Waals surface area contributed by atoms with Crippen LogP contribution in [0.2, 0.25) is 10.0 Å². The van der Waals surface area contributed by atoms with Gasteiger partial charge in [-0.05, 0) is 12.1 Å². The molecule has 0 aliphatic carbocycles. The van der Waals surface area contributed by atoms with Gasteiger partial charge < -0.3 is 5.32 Å². The van der Waals surface area contributed by atoms with Crippen molar-refractivity contribution < 1.29 is 9.59 Å². The fraction of sp³-hybridized carbons (Fsp3) is 0.154.